The normalized spacial score (nSPS) is 12.5. The van der Waals surface area contributed by atoms with Gasteiger partial charge in [0.1, 0.15) is 5.75 Å². The van der Waals surface area contributed by atoms with E-state index in [-0.39, 0.29) is 6.04 Å². The molecule has 0 saturated heterocycles. The zero-order valence-electron chi connectivity index (χ0n) is 9.62. The Hall–Kier alpha value is -1.06. The monoisotopic (exact) mass is 209 g/mol. The molecule has 1 rings (SSSR count). The summed E-state index contributed by atoms with van der Waals surface area (Å²) in [5, 5.41) is 0. The number of para-hydroxylation sites is 1. The Labute approximate surface area is 91.4 Å². The topological polar surface area (TPSA) is 30.5 Å². The highest BCUT2D eigenvalue weighted by Crippen LogP contribution is 2.26. The highest BCUT2D eigenvalue weighted by atomic mass is 16.6. The molecule has 1 atom stereocenters. The van der Waals surface area contributed by atoms with Crippen LogP contribution in [0.15, 0.2) is 24.3 Å². The fraction of sp³-hybridized carbons (Fsp3) is 0.500. The quantitative estimate of drug-likeness (QED) is 0.731. The standard InChI is InChI=1S/C12H19NO2/c1-4-11(13-15-5-2)10-8-6-7-9-12(10)14-3/h6-9,11,13H,4-5H2,1-3H3. The molecule has 0 spiro atoms. The van der Waals surface area contributed by atoms with Crippen molar-refractivity contribution in [3.8, 4) is 5.75 Å². The summed E-state index contributed by atoms with van der Waals surface area (Å²) in [7, 11) is 1.69. The van der Waals surface area contributed by atoms with Gasteiger partial charge in [0.25, 0.3) is 0 Å². The molecule has 1 aromatic carbocycles. The van der Waals surface area contributed by atoms with Gasteiger partial charge >= 0.3 is 0 Å². The van der Waals surface area contributed by atoms with Gasteiger partial charge in [-0.3, -0.25) is 0 Å². The second-order valence-electron chi connectivity index (χ2n) is 3.25. The Morgan fingerprint density at radius 1 is 1.27 bits per heavy atom. The average Bonchev–Trinajstić information content (AvgIpc) is 2.30. The van der Waals surface area contributed by atoms with E-state index in [1.807, 2.05) is 25.1 Å². The van der Waals surface area contributed by atoms with Gasteiger partial charge in [0.05, 0.1) is 19.8 Å². The van der Waals surface area contributed by atoms with E-state index in [4.69, 9.17) is 9.57 Å². The van der Waals surface area contributed by atoms with Crippen LogP contribution in [0.25, 0.3) is 0 Å². The van der Waals surface area contributed by atoms with E-state index in [0.717, 1.165) is 17.7 Å². The number of hydrogen-bond donors (Lipinski definition) is 1. The predicted molar refractivity (Wildman–Crippen MR) is 60.8 cm³/mol. The van der Waals surface area contributed by atoms with Gasteiger partial charge < -0.3 is 9.57 Å². The van der Waals surface area contributed by atoms with Crippen molar-refractivity contribution in [1.82, 2.24) is 5.48 Å². The van der Waals surface area contributed by atoms with Crippen LogP contribution in [0.5, 0.6) is 5.75 Å². The molecule has 0 aliphatic carbocycles. The van der Waals surface area contributed by atoms with Gasteiger partial charge in [0.2, 0.25) is 0 Å². The van der Waals surface area contributed by atoms with Crippen molar-refractivity contribution < 1.29 is 9.57 Å². The van der Waals surface area contributed by atoms with Crippen LogP contribution in [0.4, 0.5) is 0 Å². The fourth-order valence-corrected chi connectivity index (χ4v) is 1.50. The van der Waals surface area contributed by atoms with Crippen LogP contribution in [-0.2, 0) is 4.84 Å². The lowest BCUT2D eigenvalue weighted by Crippen LogP contribution is -2.21. The first kappa shape index (κ1) is 12.0. The van der Waals surface area contributed by atoms with Crippen molar-refractivity contribution in [2.75, 3.05) is 13.7 Å². The van der Waals surface area contributed by atoms with Crippen molar-refractivity contribution in [3.63, 3.8) is 0 Å². The summed E-state index contributed by atoms with van der Waals surface area (Å²) in [5.74, 6) is 0.900. The maximum absolute atomic E-state index is 5.31. The van der Waals surface area contributed by atoms with E-state index in [1.165, 1.54) is 0 Å². The molecule has 0 radical (unpaired) electrons. The summed E-state index contributed by atoms with van der Waals surface area (Å²) < 4.78 is 5.31. The lowest BCUT2D eigenvalue weighted by Gasteiger charge is -2.18. The maximum atomic E-state index is 5.31. The van der Waals surface area contributed by atoms with E-state index < -0.39 is 0 Å². The van der Waals surface area contributed by atoms with Crippen LogP contribution in [0, 0.1) is 0 Å². The smallest absolute Gasteiger partial charge is 0.123 e. The number of ether oxygens (including phenoxy) is 1. The highest BCUT2D eigenvalue weighted by Gasteiger charge is 2.13. The van der Waals surface area contributed by atoms with Crippen molar-refractivity contribution in [2.45, 2.75) is 26.3 Å². The highest BCUT2D eigenvalue weighted by molar-refractivity contribution is 5.35. The summed E-state index contributed by atoms with van der Waals surface area (Å²) in [6.07, 6.45) is 0.959. The molecule has 0 saturated carbocycles. The number of methoxy groups -OCH3 is 1. The molecular weight excluding hydrogens is 190 g/mol. The molecule has 1 N–H and O–H groups in total. The van der Waals surface area contributed by atoms with Gasteiger partial charge in [-0.15, -0.1) is 0 Å². The van der Waals surface area contributed by atoms with Gasteiger partial charge in [-0.2, -0.15) is 5.48 Å². The predicted octanol–water partition coefficient (Wildman–Crippen LogP) is 2.69. The first-order valence-electron chi connectivity index (χ1n) is 5.33. The zero-order chi connectivity index (χ0) is 11.1. The molecule has 0 aliphatic heterocycles. The molecule has 0 aromatic heterocycles. The van der Waals surface area contributed by atoms with Crippen LogP contribution in [0.2, 0.25) is 0 Å². The Morgan fingerprint density at radius 2 is 2.00 bits per heavy atom. The fourth-order valence-electron chi connectivity index (χ4n) is 1.50. The van der Waals surface area contributed by atoms with Gasteiger partial charge in [-0.05, 0) is 19.4 Å². The Kier molecular flexibility index (Phi) is 5.15. The molecule has 1 unspecified atom stereocenters. The third kappa shape index (κ3) is 3.22. The maximum Gasteiger partial charge on any atom is 0.123 e. The summed E-state index contributed by atoms with van der Waals surface area (Å²) >= 11 is 0. The van der Waals surface area contributed by atoms with E-state index in [0.29, 0.717) is 6.61 Å². The molecule has 1 aromatic rings. The van der Waals surface area contributed by atoms with Crippen LogP contribution in [0.3, 0.4) is 0 Å². The number of hydrogen-bond acceptors (Lipinski definition) is 3. The summed E-state index contributed by atoms with van der Waals surface area (Å²) in [5.41, 5.74) is 4.17. The van der Waals surface area contributed by atoms with Gasteiger partial charge in [0, 0.05) is 5.56 Å². The molecule has 3 heteroatoms. The second-order valence-corrected chi connectivity index (χ2v) is 3.25. The summed E-state index contributed by atoms with van der Waals surface area (Å²) in [4.78, 5) is 5.23. The SMILES string of the molecule is CCONC(CC)c1ccccc1OC. The third-order valence-corrected chi connectivity index (χ3v) is 2.29. The molecule has 0 fully saturated rings. The third-order valence-electron chi connectivity index (χ3n) is 2.29. The molecule has 0 amide bonds. The molecule has 15 heavy (non-hydrogen) atoms. The van der Waals surface area contributed by atoms with Crippen molar-refractivity contribution in [2.24, 2.45) is 0 Å². The number of benzene rings is 1. The minimum Gasteiger partial charge on any atom is -0.496 e. The number of hydroxylamine groups is 1. The van der Waals surface area contributed by atoms with Crippen molar-refractivity contribution in [1.29, 1.82) is 0 Å². The lowest BCUT2D eigenvalue weighted by molar-refractivity contribution is 0.0225. The number of nitrogens with one attached hydrogen (secondary N) is 1. The summed E-state index contributed by atoms with van der Waals surface area (Å²) in [6.45, 7) is 4.73. The molecule has 0 heterocycles. The van der Waals surface area contributed by atoms with Crippen LogP contribution < -0.4 is 10.2 Å². The molecular formula is C12H19NO2. The van der Waals surface area contributed by atoms with Crippen molar-refractivity contribution >= 4 is 0 Å². The Bertz CT molecular complexity index is 289. The van der Waals surface area contributed by atoms with Gasteiger partial charge in [-0.1, -0.05) is 25.1 Å². The van der Waals surface area contributed by atoms with Gasteiger partial charge in [0.15, 0.2) is 0 Å². The van der Waals surface area contributed by atoms with Crippen molar-refractivity contribution in [3.05, 3.63) is 29.8 Å². The van der Waals surface area contributed by atoms with E-state index in [9.17, 15) is 0 Å². The lowest BCUT2D eigenvalue weighted by atomic mass is 10.0. The summed E-state index contributed by atoms with van der Waals surface area (Å²) in [6, 6.07) is 8.18. The van der Waals surface area contributed by atoms with E-state index in [1.54, 1.807) is 7.11 Å². The minimum atomic E-state index is 0.182. The Balaban J connectivity index is 2.80. The molecule has 0 bridgehead atoms. The first-order valence-corrected chi connectivity index (χ1v) is 5.33. The largest absolute Gasteiger partial charge is 0.496 e. The molecule has 84 valence electrons. The second kappa shape index (κ2) is 6.43. The van der Waals surface area contributed by atoms with Gasteiger partial charge in [-0.25, -0.2) is 0 Å². The molecule has 0 aliphatic rings. The Morgan fingerprint density at radius 3 is 2.60 bits per heavy atom. The zero-order valence-corrected chi connectivity index (χ0v) is 9.62. The van der Waals surface area contributed by atoms with Crippen LogP contribution in [-0.4, -0.2) is 13.7 Å². The number of rotatable bonds is 6. The van der Waals surface area contributed by atoms with E-state index >= 15 is 0 Å². The average molecular weight is 209 g/mol. The van der Waals surface area contributed by atoms with Crippen LogP contribution >= 0.6 is 0 Å². The van der Waals surface area contributed by atoms with Crippen LogP contribution in [0.1, 0.15) is 31.9 Å². The van der Waals surface area contributed by atoms with E-state index in [2.05, 4.69) is 18.5 Å². The first-order chi connectivity index (χ1) is 7.33. The minimum absolute atomic E-state index is 0.182. The molecule has 3 nitrogen and oxygen atoms in total.